The summed E-state index contributed by atoms with van der Waals surface area (Å²) in [5, 5.41) is 4.46. The molecule has 1 aliphatic heterocycles. The van der Waals surface area contributed by atoms with Crippen molar-refractivity contribution in [3.8, 4) is 0 Å². The molecule has 0 radical (unpaired) electrons. The summed E-state index contributed by atoms with van der Waals surface area (Å²) in [5.74, 6) is 0.0863. The van der Waals surface area contributed by atoms with E-state index in [1.807, 2.05) is 48.7 Å². The average Bonchev–Trinajstić information content (AvgIpc) is 2.80. The van der Waals surface area contributed by atoms with Gasteiger partial charge in [0.05, 0.1) is 5.69 Å². The van der Waals surface area contributed by atoms with E-state index in [0.29, 0.717) is 0 Å². The molecule has 0 bridgehead atoms. The molecule has 1 amide bonds. The van der Waals surface area contributed by atoms with Crippen LogP contribution in [0.4, 0.5) is 11.4 Å². The lowest BCUT2D eigenvalue weighted by atomic mass is 9.95. The molecule has 1 atom stereocenters. The van der Waals surface area contributed by atoms with Crippen molar-refractivity contribution >= 4 is 17.3 Å². The van der Waals surface area contributed by atoms with Gasteiger partial charge in [-0.2, -0.15) is 5.10 Å². The minimum atomic E-state index is -0.0843. The Hall–Kier alpha value is -2.30. The summed E-state index contributed by atoms with van der Waals surface area (Å²) in [5.41, 5.74) is 12.3. The molecule has 0 spiro atoms. The molecule has 0 fully saturated rings. The molecule has 2 N–H and O–H groups in total. The number of carbonyl (C=O) groups excluding carboxylic acids is 1. The molecule has 1 aromatic carbocycles. The van der Waals surface area contributed by atoms with Crippen LogP contribution in [0.1, 0.15) is 35.9 Å². The van der Waals surface area contributed by atoms with Crippen LogP contribution < -0.4 is 10.6 Å². The lowest BCUT2D eigenvalue weighted by Gasteiger charge is -2.32. The number of nitrogens with two attached hydrogens (primary N) is 1. The minimum Gasteiger partial charge on any atom is -0.398 e. The van der Waals surface area contributed by atoms with Crippen molar-refractivity contribution in [1.29, 1.82) is 0 Å². The van der Waals surface area contributed by atoms with Crippen LogP contribution in [0.3, 0.4) is 0 Å². The topological polar surface area (TPSA) is 64.2 Å². The first-order chi connectivity index (χ1) is 11.4. The third-order valence-corrected chi connectivity index (χ3v) is 5.14. The second-order valence-corrected chi connectivity index (χ2v) is 6.82. The maximum Gasteiger partial charge on any atom is 0.230 e. The number of aryl methyl sites for hydroxylation is 2. The van der Waals surface area contributed by atoms with Crippen molar-refractivity contribution in [3.63, 3.8) is 0 Å². The summed E-state index contributed by atoms with van der Waals surface area (Å²) in [7, 11) is 1.95. The van der Waals surface area contributed by atoms with Gasteiger partial charge in [0.25, 0.3) is 0 Å². The van der Waals surface area contributed by atoms with Crippen LogP contribution in [0.5, 0.6) is 0 Å². The van der Waals surface area contributed by atoms with Crippen molar-refractivity contribution in [3.05, 3.63) is 40.7 Å². The van der Waals surface area contributed by atoms with E-state index in [2.05, 4.69) is 12.0 Å². The second kappa shape index (κ2) is 6.30. The van der Waals surface area contributed by atoms with E-state index >= 15 is 0 Å². The normalized spacial score (nSPS) is 15.2. The molecule has 1 aromatic heterocycles. The molecule has 0 saturated heterocycles. The Morgan fingerprint density at radius 2 is 2.12 bits per heavy atom. The Balaban J connectivity index is 1.84. The first-order valence-corrected chi connectivity index (χ1v) is 8.58. The maximum absolute atomic E-state index is 13.1. The third kappa shape index (κ3) is 2.79. The number of rotatable bonds is 3. The van der Waals surface area contributed by atoms with E-state index in [4.69, 9.17) is 5.73 Å². The molecule has 128 valence electrons. The van der Waals surface area contributed by atoms with Gasteiger partial charge in [-0.05, 0) is 56.4 Å². The van der Waals surface area contributed by atoms with E-state index in [-0.39, 0.29) is 11.8 Å². The number of fused-ring (bicyclic) bond motifs is 1. The zero-order valence-electron chi connectivity index (χ0n) is 15.0. The van der Waals surface area contributed by atoms with Crippen molar-refractivity contribution in [1.82, 2.24) is 9.78 Å². The SMILES string of the molecule is Cc1nn(C)c(C)c1CC(C)C(=O)N1CCCc2c(N)cccc21. The Kier molecular flexibility index (Phi) is 4.35. The van der Waals surface area contributed by atoms with Gasteiger partial charge in [0.2, 0.25) is 5.91 Å². The predicted molar refractivity (Wildman–Crippen MR) is 97.1 cm³/mol. The number of amides is 1. The summed E-state index contributed by atoms with van der Waals surface area (Å²) in [6, 6.07) is 5.86. The Labute approximate surface area is 143 Å². The Morgan fingerprint density at radius 3 is 2.79 bits per heavy atom. The standard InChI is InChI=1S/C19H26N4O/c1-12(11-16-13(2)21-22(4)14(16)3)19(24)23-10-6-7-15-17(20)8-5-9-18(15)23/h5,8-9,12H,6-7,10-11,20H2,1-4H3. The van der Waals surface area contributed by atoms with Gasteiger partial charge in [-0.1, -0.05) is 13.0 Å². The van der Waals surface area contributed by atoms with Crippen LogP contribution in [0.15, 0.2) is 18.2 Å². The fourth-order valence-corrected chi connectivity index (χ4v) is 3.65. The van der Waals surface area contributed by atoms with Gasteiger partial charge in [0, 0.05) is 36.6 Å². The first kappa shape index (κ1) is 16.6. The fourth-order valence-electron chi connectivity index (χ4n) is 3.65. The smallest absolute Gasteiger partial charge is 0.230 e. The molecule has 1 unspecified atom stereocenters. The molecule has 3 rings (SSSR count). The molecule has 1 aliphatic rings. The van der Waals surface area contributed by atoms with Gasteiger partial charge in [-0.25, -0.2) is 0 Å². The van der Waals surface area contributed by atoms with Crippen LogP contribution in [0.25, 0.3) is 0 Å². The molecule has 0 aliphatic carbocycles. The first-order valence-electron chi connectivity index (χ1n) is 8.58. The van der Waals surface area contributed by atoms with Gasteiger partial charge in [0.1, 0.15) is 0 Å². The monoisotopic (exact) mass is 326 g/mol. The van der Waals surface area contributed by atoms with Gasteiger partial charge < -0.3 is 10.6 Å². The van der Waals surface area contributed by atoms with Crippen molar-refractivity contribution in [2.24, 2.45) is 13.0 Å². The Bertz CT molecular complexity index is 778. The van der Waals surface area contributed by atoms with Gasteiger partial charge in [0.15, 0.2) is 0 Å². The van der Waals surface area contributed by atoms with Crippen LogP contribution in [0, 0.1) is 19.8 Å². The predicted octanol–water partition coefficient (Wildman–Crippen LogP) is 2.78. The lowest BCUT2D eigenvalue weighted by molar-refractivity contribution is -0.122. The molecule has 0 saturated carbocycles. The summed E-state index contributed by atoms with van der Waals surface area (Å²) in [6.07, 6.45) is 2.63. The zero-order valence-corrected chi connectivity index (χ0v) is 15.0. The summed E-state index contributed by atoms with van der Waals surface area (Å²) in [6.45, 7) is 6.85. The van der Waals surface area contributed by atoms with E-state index in [1.54, 1.807) is 0 Å². The lowest BCUT2D eigenvalue weighted by Crippen LogP contribution is -2.39. The van der Waals surface area contributed by atoms with Crippen LogP contribution in [0.2, 0.25) is 0 Å². The van der Waals surface area contributed by atoms with Gasteiger partial charge in [-0.15, -0.1) is 0 Å². The zero-order chi connectivity index (χ0) is 17.4. The molecule has 5 nitrogen and oxygen atoms in total. The fraction of sp³-hybridized carbons (Fsp3) is 0.474. The van der Waals surface area contributed by atoms with E-state index in [0.717, 1.165) is 54.1 Å². The van der Waals surface area contributed by atoms with Crippen LogP contribution >= 0.6 is 0 Å². The van der Waals surface area contributed by atoms with E-state index in [1.165, 1.54) is 5.56 Å². The van der Waals surface area contributed by atoms with Crippen molar-refractivity contribution in [2.75, 3.05) is 17.2 Å². The largest absolute Gasteiger partial charge is 0.398 e. The number of nitrogens with zero attached hydrogens (tertiary/aromatic N) is 3. The highest BCUT2D eigenvalue weighted by atomic mass is 16.2. The highest BCUT2D eigenvalue weighted by Gasteiger charge is 2.28. The average molecular weight is 326 g/mol. The van der Waals surface area contributed by atoms with Gasteiger partial charge in [-0.3, -0.25) is 9.48 Å². The Morgan fingerprint density at radius 1 is 1.38 bits per heavy atom. The molecular weight excluding hydrogens is 300 g/mol. The van der Waals surface area contributed by atoms with E-state index in [9.17, 15) is 4.79 Å². The number of hydrogen-bond acceptors (Lipinski definition) is 3. The highest BCUT2D eigenvalue weighted by Crippen LogP contribution is 2.32. The molecular formula is C19H26N4O. The number of carbonyl (C=O) groups is 1. The summed E-state index contributed by atoms with van der Waals surface area (Å²) >= 11 is 0. The third-order valence-electron chi connectivity index (χ3n) is 5.14. The number of benzene rings is 1. The highest BCUT2D eigenvalue weighted by molar-refractivity contribution is 5.97. The summed E-state index contributed by atoms with van der Waals surface area (Å²) in [4.78, 5) is 15.0. The number of anilines is 2. The van der Waals surface area contributed by atoms with Crippen LogP contribution in [-0.4, -0.2) is 22.2 Å². The van der Waals surface area contributed by atoms with Crippen LogP contribution in [-0.2, 0) is 24.7 Å². The molecule has 24 heavy (non-hydrogen) atoms. The summed E-state index contributed by atoms with van der Waals surface area (Å²) < 4.78 is 1.89. The number of aromatic nitrogens is 2. The molecule has 2 heterocycles. The van der Waals surface area contributed by atoms with E-state index < -0.39 is 0 Å². The molecule has 2 aromatic rings. The van der Waals surface area contributed by atoms with Crippen molar-refractivity contribution < 1.29 is 4.79 Å². The minimum absolute atomic E-state index is 0.0843. The van der Waals surface area contributed by atoms with Crippen molar-refractivity contribution in [2.45, 2.75) is 40.0 Å². The second-order valence-electron chi connectivity index (χ2n) is 6.82. The molecule has 5 heteroatoms. The number of nitrogen functional groups attached to an aromatic ring is 1. The quantitative estimate of drug-likeness (QED) is 0.882. The number of hydrogen-bond donors (Lipinski definition) is 1. The van der Waals surface area contributed by atoms with Gasteiger partial charge >= 0.3 is 0 Å². The maximum atomic E-state index is 13.1.